The predicted molar refractivity (Wildman–Crippen MR) is 106 cm³/mol. The molecule has 0 unspecified atom stereocenters. The smallest absolute Gasteiger partial charge is 0.407 e. The lowest BCUT2D eigenvalue weighted by Gasteiger charge is -2.31. The average Bonchev–Trinajstić information content (AvgIpc) is 2.75. The molecule has 0 atom stereocenters. The summed E-state index contributed by atoms with van der Waals surface area (Å²) in [4.78, 5) is 26.1. The monoisotopic (exact) mass is 382 g/mol. The van der Waals surface area contributed by atoms with Crippen LogP contribution in [0.1, 0.15) is 28.8 Å². The van der Waals surface area contributed by atoms with E-state index in [-0.39, 0.29) is 24.7 Å². The van der Waals surface area contributed by atoms with E-state index >= 15 is 0 Å². The molecule has 1 aliphatic heterocycles. The number of nitrogens with zero attached hydrogens (tertiary/aromatic N) is 1. The van der Waals surface area contributed by atoms with Gasteiger partial charge in [-0.05, 0) is 30.5 Å². The Hall–Kier alpha value is -2.86. The summed E-state index contributed by atoms with van der Waals surface area (Å²) in [5.74, 6) is -0.293. The number of hydrogen-bond acceptors (Lipinski definition) is 5. The minimum atomic E-state index is -0.376. The van der Waals surface area contributed by atoms with Gasteiger partial charge in [0, 0.05) is 25.7 Å². The first kappa shape index (κ1) is 19.9. The van der Waals surface area contributed by atoms with Gasteiger partial charge in [-0.3, -0.25) is 4.90 Å². The van der Waals surface area contributed by atoms with E-state index in [4.69, 9.17) is 9.47 Å². The Balaban J connectivity index is 1.29. The molecule has 148 valence electrons. The van der Waals surface area contributed by atoms with E-state index in [1.807, 2.05) is 48.5 Å². The van der Waals surface area contributed by atoms with Gasteiger partial charge >= 0.3 is 12.1 Å². The quantitative estimate of drug-likeness (QED) is 0.745. The second-order valence-corrected chi connectivity index (χ2v) is 6.82. The molecule has 1 N–H and O–H groups in total. The van der Waals surface area contributed by atoms with Gasteiger partial charge in [0.1, 0.15) is 13.2 Å². The predicted octanol–water partition coefficient (Wildman–Crippen LogP) is 3.23. The molecule has 28 heavy (non-hydrogen) atoms. The van der Waals surface area contributed by atoms with Crippen molar-refractivity contribution in [2.24, 2.45) is 0 Å². The van der Waals surface area contributed by atoms with Crippen molar-refractivity contribution >= 4 is 12.1 Å². The van der Waals surface area contributed by atoms with Crippen LogP contribution in [-0.4, -0.2) is 49.2 Å². The Labute approximate surface area is 165 Å². The number of rotatable bonds is 7. The van der Waals surface area contributed by atoms with E-state index < -0.39 is 0 Å². The maximum Gasteiger partial charge on any atom is 0.407 e. The number of carbonyl (C=O) groups is 2. The third kappa shape index (κ3) is 6.39. The van der Waals surface area contributed by atoms with Crippen LogP contribution in [0.2, 0.25) is 0 Å². The topological polar surface area (TPSA) is 67.9 Å². The molecule has 3 rings (SSSR count). The summed E-state index contributed by atoms with van der Waals surface area (Å²) in [5, 5.41) is 2.93. The van der Waals surface area contributed by atoms with Crippen molar-refractivity contribution in [1.29, 1.82) is 0 Å². The number of carbonyl (C=O) groups excluding carboxylic acids is 2. The molecular formula is C22H26N2O4. The molecule has 0 bridgehead atoms. The molecule has 0 aliphatic carbocycles. The van der Waals surface area contributed by atoms with Crippen molar-refractivity contribution < 1.29 is 19.1 Å². The lowest BCUT2D eigenvalue weighted by Crippen LogP contribution is -2.45. The first-order chi connectivity index (χ1) is 13.7. The Morgan fingerprint density at radius 3 is 2.25 bits per heavy atom. The summed E-state index contributed by atoms with van der Waals surface area (Å²) < 4.78 is 10.6. The maximum atomic E-state index is 11.9. The summed E-state index contributed by atoms with van der Waals surface area (Å²) in [6.45, 7) is 3.05. The Bertz CT molecular complexity index is 744. The zero-order valence-electron chi connectivity index (χ0n) is 15.9. The summed E-state index contributed by atoms with van der Waals surface area (Å²) >= 11 is 0. The standard InChI is InChI=1S/C22H26N2O4/c25-21(19-9-5-2-6-10-19)27-16-15-24-13-11-20(12-14-24)23-22(26)28-17-18-7-3-1-4-8-18/h1-10,20H,11-17H2,(H,23,26). The van der Waals surface area contributed by atoms with Crippen LogP contribution in [0.3, 0.4) is 0 Å². The van der Waals surface area contributed by atoms with Gasteiger partial charge in [0.2, 0.25) is 0 Å². The first-order valence-electron chi connectivity index (χ1n) is 9.62. The SMILES string of the molecule is O=C(NC1CCN(CCOC(=O)c2ccccc2)CC1)OCc1ccccc1. The number of ether oxygens (including phenoxy) is 2. The van der Waals surface area contributed by atoms with Crippen molar-refractivity contribution in [2.45, 2.75) is 25.5 Å². The lowest BCUT2D eigenvalue weighted by molar-refractivity contribution is 0.0443. The molecule has 1 amide bonds. The molecule has 0 spiro atoms. The molecule has 1 fully saturated rings. The third-order valence-electron chi connectivity index (χ3n) is 4.77. The van der Waals surface area contributed by atoms with Gasteiger partial charge in [0.05, 0.1) is 5.56 Å². The van der Waals surface area contributed by atoms with Gasteiger partial charge < -0.3 is 14.8 Å². The van der Waals surface area contributed by atoms with Crippen LogP contribution in [0.5, 0.6) is 0 Å². The molecule has 0 radical (unpaired) electrons. The molecule has 2 aromatic carbocycles. The van der Waals surface area contributed by atoms with Gasteiger partial charge in [0.25, 0.3) is 0 Å². The molecular weight excluding hydrogens is 356 g/mol. The highest BCUT2D eigenvalue weighted by atomic mass is 16.5. The van der Waals surface area contributed by atoms with Gasteiger partial charge in [-0.25, -0.2) is 9.59 Å². The normalized spacial score (nSPS) is 15.0. The molecule has 0 aromatic heterocycles. The molecule has 2 aromatic rings. The van der Waals surface area contributed by atoms with Crippen molar-refractivity contribution in [3.8, 4) is 0 Å². The number of hydrogen-bond donors (Lipinski definition) is 1. The van der Waals surface area contributed by atoms with Crippen LogP contribution >= 0.6 is 0 Å². The highest BCUT2D eigenvalue weighted by Crippen LogP contribution is 2.11. The fraction of sp³-hybridized carbons (Fsp3) is 0.364. The van der Waals surface area contributed by atoms with E-state index in [0.717, 1.165) is 31.5 Å². The maximum absolute atomic E-state index is 11.9. The number of amides is 1. The van der Waals surface area contributed by atoms with E-state index in [2.05, 4.69) is 10.2 Å². The molecule has 6 nitrogen and oxygen atoms in total. The van der Waals surface area contributed by atoms with Crippen molar-refractivity contribution in [3.63, 3.8) is 0 Å². The largest absolute Gasteiger partial charge is 0.461 e. The van der Waals surface area contributed by atoms with Crippen molar-refractivity contribution in [3.05, 3.63) is 71.8 Å². The van der Waals surface area contributed by atoms with Crippen LogP contribution in [0.15, 0.2) is 60.7 Å². The van der Waals surface area contributed by atoms with Gasteiger partial charge in [-0.2, -0.15) is 0 Å². The van der Waals surface area contributed by atoms with Crippen LogP contribution in [0, 0.1) is 0 Å². The van der Waals surface area contributed by atoms with E-state index in [1.54, 1.807) is 12.1 Å². The number of nitrogens with one attached hydrogen (secondary N) is 1. The average molecular weight is 382 g/mol. The minimum absolute atomic E-state index is 0.117. The third-order valence-corrected chi connectivity index (χ3v) is 4.77. The van der Waals surface area contributed by atoms with Gasteiger partial charge in [-0.15, -0.1) is 0 Å². The summed E-state index contributed by atoms with van der Waals surface area (Å²) in [6, 6.07) is 18.7. The van der Waals surface area contributed by atoms with Crippen LogP contribution < -0.4 is 5.32 Å². The lowest BCUT2D eigenvalue weighted by atomic mass is 10.1. The molecule has 1 aliphatic rings. The zero-order valence-corrected chi connectivity index (χ0v) is 15.9. The van der Waals surface area contributed by atoms with Crippen molar-refractivity contribution in [1.82, 2.24) is 10.2 Å². The van der Waals surface area contributed by atoms with E-state index in [0.29, 0.717) is 18.7 Å². The molecule has 0 saturated carbocycles. The summed E-state index contributed by atoms with van der Waals surface area (Å²) in [5.41, 5.74) is 1.54. The number of benzene rings is 2. The molecule has 1 saturated heterocycles. The highest BCUT2D eigenvalue weighted by Gasteiger charge is 2.21. The van der Waals surface area contributed by atoms with E-state index in [1.165, 1.54) is 0 Å². The fourth-order valence-corrected chi connectivity index (χ4v) is 3.16. The second kappa shape index (κ2) is 10.5. The minimum Gasteiger partial charge on any atom is -0.461 e. The van der Waals surface area contributed by atoms with E-state index in [9.17, 15) is 9.59 Å². The van der Waals surface area contributed by atoms with Gasteiger partial charge in [0.15, 0.2) is 0 Å². The number of likely N-dealkylation sites (tertiary alicyclic amines) is 1. The highest BCUT2D eigenvalue weighted by molar-refractivity contribution is 5.89. The number of piperidine rings is 1. The van der Waals surface area contributed by atoms with Crippen LogP contribution in [-0.2, 0) is 16.1 Å². The Kier molecular flexibility index (Phi) is 7.44. The van der Waals surface area contributed by atoms with Gasteiger partial charge in [-0.1, -0.05) is 48.5 Å². The Morgan fingerprint density at radius 2 is 1.57 bits per heavy atom. The second-order valence-electron chi connectivity index (χ2n) is 6.82. The Morgan fingerprint density at radius 1 is 0.929 bits per heavy atom. The number of alkyl carbamates (subject to hydrolysis) is 1. The zero-order chi connectivity index (χ0) is 19.6. The molecule has 1 heterocycles. The fourth-order valence-electron chi connectivity index (χ4n) is 3.16. The van der Waals surface area contributed by atoms with Crippen LogP contribution in [0.25, 0.3) is 0 Å². The summed E-state index contributed by atoms with van der Waals surface area (Å²) in [6.07, 6.45) is 1.33. The van der Waals surface area contributed by atoms with Crippen LogP contribution in [0.4, 0.5) is 4.79 Å². The van der Waals surface area contributed by atoms with Crippen molar-refractivity contribution in [2.75, 3.05) is 26.2 Å². The number of esters is 1. The first-order valence-corrected chi connectivity index (χ1v) is 9.62. The summed E-state index contributed by atoms with van der Waals surface area (Å²) in [7, 11) is 0. The molecule has 6 heteroatoms.